The minimum atomic E-state index is -5.01. The maximum atomic E-state index is 12.5. The van der Waals surface area contributed by atoms with Crippen LogP contribution < -0.4 is 5.56 Å². The van der Waals surface area contributed by atoms with Crippen molar-refractivity contribution < 1.29 is 22.0 Å². The molecule has 1 N–H and O–H groups in total. The van der Waals surface area contributed by atoms with Gasteiger partial charge in [0.05, 0.1) is 5.56 Å². The van der Waals surface area contributed by atoms with Gasteiger partial charge >= 0.3 is 6.18 Å². The summed E-state index contributed by atoms with van der Waals surface area (Å²) in [6.45, 7) is 0. The van der Waals surface area contributed by atoms with E-state index in [9.17, 15) is 26.7 Å². The number of aromatic nitrogens is 1. The topological polar surface area (TPSA) is 32.9 Å². The van der Waals surface area contributed by atoms with Gasteiger partial charge < -0.3 is 4.98 Å². The number of H-pyrrole nitrogens is 1. The molecule has 0 aromatic carbocycles. The second-order valence-corrected chi connectivity index (χ2v) is 3.44. The Morgan fingerprint density at radius 1 is 1.38 bits per heavy atom. The molecule has 90 valence electrons. The number of alkyl halides is 6. The molecule has 1 rings (SSSR count). The molecule has 8 heteroatoms. The van der Waals surface area contributed by atoms with Gasteiger partial charge in [0.2, 0.25) is 5.56 Å². The predicted octanol–water partition coefficient (Wildman–Crippen LogP) is 3.23. The van der Waals surface area contributed by atoms with Crippen LogP contribution in [0, 0.1) is 0 Å². The van der Waals surface area contributed by atoms with E-state index in [1.54, 1.807) is 0 Å². The van der Waals surface area contributed by atoms with E-state index in [0.29, 0.717) is 6.07 Å². The Kier molecular flexibility index (Phi) is 3.72. The molecule has 0 amide bonds. The third kappa shape index (κ3) is 2.60. The van der Waals surface area contributed by atoms with E-state index in [0.717, 1.165) is 0 Å². The summed E-state index contributed by atoms with van der Waals surface area (Å²) in [5.74, 6) is 0. The number of halogens is 6. The standard InChI is InChI=1S/C8H5BrF5NO/c9-2-3-1-4(16)15-6(8(12,13)14)5(3)7(10)11/h1,7H,2H2,(H,15,16). The van der Waals surface area contributed by atoms with Crippen LogP contribution in [0.3, 0.4) is 0 Å². The van der Waals surface area contributed by atoms with E-state index in [-0.39, 0.29) is 10.9 Å². The molecular weight excluding hydrogens is 301 g/mol. The summed E-state index contributed by atoms with van der Waals surface area (Å²) in [6, 6.07) is 0.714. The van der Waals surface area contributed by atoms with Crippen LogP contribution in [-0.2, 0) is 11.5 Å². The van der Waals surface area contributed by atoms with E-state index in [1.807, 2.05) is 0 Å². The van der Waals surface area contributed by atoms with Crippen molar-refractivity contribution in [2.24, 2.45) is 0 Å². The summed E-state index contributed by atoms with van der Waals surface area (Å²) in [7, 11) is 0. The lowest BCUT2D eigenvalue weighted by Crippen LogP contribution is -2.21. The van der Waals surface area contributed by atoms with Gasteiger partial charge in [-0.15, -0.1) is 0 Å². The van der Waals surface area contributed by atoms with Gasteiger partial charge in [-0.1, -0.05) is 15.9 Å². The third-order valence-corrected chi connectivity index (χ3v) is 2.42. The normalized spacial score (nSPS) is 12.2. The van der Waals surface area contributed by atoms with Crippen LogP contribution in [0.2, 0.25) is 0 Å². The monoisotopic (exact) mass is 305 g/mol. The summed E-state index contributed by atoms with van der Waals surface area (Å²) < 4.78 is 62.1. The zero-order chi connectivity index (χ0) is 12.5. The molecule has 0 saturated heterocycles. The van der Waals surface area contributed by atoms with Gasteiger partial charge in [0.1, 0.15) is 5.69 Å². The molecule has 16 heavy (non-hydrogen) atoms. The summed E-state index contributed by atoms with van der Waals surface area (Å²) in [4.78, 5) is 12.3. The molecular formula is C8H5BrF5NO. The molecule has 1 aromatic heterocycles. The number of pyridine rings is 1. The highest BCUT2D eigenvalue weighted by Gasteiger charge is 2.38. The summed E-state index contributed by atoms with van der Waals surface area (Å²) in [6.07, 6.45) is -8.32. The average Bonchev–Trinajstić information content (AvgIpc) is 2.14. The van der Waals surface area contributed by atoms with Crippen molar-refractivity contribution in [1.82, 2.24) is 4.98 Å². The fraction of sp³-hybridized carbons (Fsp3) is 0.375. The molecule has 0 saturated carbocycles. The average molecular weight is 306 g/mol. The summed E-state index contributed by atoms with van der Waals surface area (Å²) >= 11 is 2.76. The van der Waals surface area contributed by atoms with Crippen molar-refractivity contribution in [2.75, 3.05) is 0 Å². The van der Waals surface area contributed by atoms with E-state index in [1.165, 1.54) is 4.98 Å². The maximum Gasteiger partial charge on any atom is 0.431 e. The molecule has 0 aliphatic rings. The second-order valence-electron chi connectivity index (χ2n) is 2.88. The molecule has 0 spiro atoms. The predicted molar refractivity (Wildman–Crippen MR) is 49.7 cm³/mol. The Hall–Kier alpha value is -0.920. The first-order chi connectivity index (χ1) is 7.27. The summed E-state index contributed by atoms with van der Waals surface area (Å²) in [5.41, 5.74) is -4.31. The van der Waals surface area contributed by atoms with Crippen LogP contribution in [0.25, 0.3) is 0 Å². The van der Waals surface area contributed by atoms with E-state index in [2.05, 4.69) is 15.9 Å². The van der Waals surface area contributed by atoms with Gasteiger partial charge in [-0.25, -0.2) is 8.78 Å². The highest BCUT2D eigenvalue weighted by Crippen LogP contribution is 2.36. The highest BCUT2D eigenvalue weighted by atomic mass is 79.9. The van der Waals surface area contributed by atoms with Gasteiger partial charge in [-0.05, 0) is 5.56 Å². The molecule has 0 atom stereocenters. The third-order valence-electron chi connectivity index (χ3n) is 1.81. The molecule has 0 aliphatic carbocycles. The molecule has 0 unspecified atom stereocenters. The number of hydrogen-bond acceptors (Lipinski definition) is 1. The van der Waals surface area contributed by atoms with Gasteiger partial charge in [0.15, 0.2) is 0 Å². The van der Waals surface area contributed by atoms with Crippen LogP contribution in [0.1, 0.15) is 23.2 Å². The van der Waals surface area contributed by atoms with E-state index >= 15 is 0 Å². The molecule has 1 heterocycles. The van der Waals surface area contributed by atoms with E-state index in [4.69, 9.17) is 0 Å². The van der Waals surface area contributed by atoms with Crippen LogP contribution >= 0.6 is 15.9 Å². The first-order valence-corrected chi connectivity index (χ1v) is 5.07. The minimum Gasteiger partial charge on any atom is -0.318 e. The Balaban J connectivity index is 3.58. The Morgan fingerprint density at radius 2 is 1.94 bits per heavy atom. The lowest BCUT2D eigenvalue weighted by Gasteiger charge is -2.14. The highest BCUT2D eigenvalue weighted by molar-refractivity contribution is 9.08. The molecule has 0 aliphatic heterocycles. The number of rotatable bonds is 2. The Morgan fingerprint density at radius 3 is 2.31 bits per heavy atom. The van der Waals surface area contributed by atoms with E-state index < -0.39 is 29.4 Å². The number of aromatic amines is 1. The van der Waals surface area contributed by atoms with Crippen molar-refractivity contribution in [3.8, 4) is 0 Å². The number of hydrogen-bond donors (Lipinski definition) is 1. The quantitative estimate of drug-likeness (QED) is 0.660. The molecule has 2 nitrogen and oxygen atoms in total. The number of nitrogens with one attached hydrogen (secondary N) is 1. The SMILES string of the molecule is O=c1cc(CBr)c(C(F)F)c(C(F)(F)F)[nH]1. The molecule has 0 radical (unpaired) electrons. The van der Waals surface area contributed by atoms with Crippen molar-refractivity contribution in [3.63, 3.8) is 0 Å². The van der Waals surface area contributed by atoms with Crippen molar-refractivity contribution >= 4 is 15.9 Å². The smallest absolute Gasteiger partial charge is 0.318 e. The van der Waals surface area contributed by atoms with Gasteiger partial charge in [-0.2, -0.15) is 13.2 Å². The molecule has 0 bridgehead atoms. The zero-order valence-electron chi connectivity index (χ0n) is 7.54. The molecule has 0 fully saturated rings. The van der Waals surface area contributed by atoms with Crippen LogP contribution in [0.4, 0.5) is 22.0 Å². The zero-order valence-corrected chi connectivity index (χ0v) is 9.12. The fourth-order valence-corrected chi connectivity index (χ4v) is 1.67. The fourth-order valence-electron chi connectivity index (χ4n) is 1.21. The van der Waals surface area contributed by atoms with Crippen LogP contribution in [-0.4, -0.2) is 4.98 Å². The molecule has 1 aromatic rings. The van der Waals surface area contributed by atoms with Crippen LogP contribution in [0.15, 0.2) is 10.9 Å². The lowest BCUT2D eigenvalue weighted by atomic mass is 10.1. The van der Waals surface area contributed by atoms with Gasteiger partial charge in [0, 0.05) is 11.4 Å². The van der Waals surface area contributed by atoms with Crippen molar-refractivity contribution in [1.29, 1.82) is 0 Å². The maximum absolute atomic E-state index is 12.5. The minimum absolute atomic E-state index is 0.250. The van der Waals surface area contributed by atoms with Gasteiger partial charge in [-0.3, -0.25) is 4.79 Å². The second kappa shape index (κ2) is 4.52. The van der Waals surface area contributed by atoms with Gasteiger partial charge in [0.25, 0.3) is 6.43 Å². The first kappa shape index (κ1) is 13.1. The first-order valence-electron chi connectivity index (χ1n) is 3.94. The van der Waals surface area contributed by atoms with Crippen LogP contribution in [0.5, 0.6) is 0 Å². The Labute approximate surface area is 94.6 Å². The Bertz CT molecular complexity index is 439. The lowest BCUT2D eigenvalue weighted by molar-refractivity contribution is -0.143. The largest absolute Gasteiger partial charge is 0.431 e. The summed E-state index contributed by atoms with van der Waals surface area (Å²) in [5, 5.41) is -0.250. The van der Waals surface area contributed by atoms with Crippen molar-refractivity contribution in [2.45, 2.75) is 17.9 Å². The van der Waals surface area contributed by atoms with Crippen molar-refractivity contribution in [3.05, 3.63) is 33.2 Å².